The van der Waals surface area contributed by atoms with Crippen molar-refractivity contribution in [1.29, 1.82) is 0 Å². The van der Waals surface area contributed by atoms with Crippen LogP contribution in [0, 0.1) is 0 Å². The van der Waals surface area contributed by atoms with Gasteiger partial charge in [0.25, 0.3) is 0 Å². The van der Waals surface area contributed by atoms with Crippen LogP contribution in [0.15, 0.2) is 60.7 Å². The molecule has 0 spiro atoms. The minimum Gasteiger partial charge on any atom is -0.484 e. The molecule has 2 heterocycles. The number of allylic oxidation sites excluding steroid dienone is 2. The molecule has 0 saturated carbocycles. The van der Waals surface area contributed by atoms with Gasteiger partial charge in [0.1, 0.15) is 11.9 Å². The summed E-state index contributed by atoms with van der Waals surface area (Å²) in [6.45, 7) is 0. The van der Waals surface area contributed by atoms with Crippen LogP contribution in [0.1, 0.15) is 11.5 Å². The van der Waals surface area contributed by atoms with Crippen LogP contribution in [-0.2, 0) is 0 Å². The normalized spacial score (nSPS) is 23.0. The molecule has 2 nitrogen and oxygen atoms in total. The molecule has 20 heavy (non-hydrogen) atoms. The lowest BCUT2D eigenvalue weighted by atomic mass is 9.91. The van der Waals surface area contributed by atoms with Gasteiger partial charge in [0, 0.05) is 27.8 Å². The van der Waals surface area contributed by atoms with Crippen molar-refractivity contribution in [3.63, 3.8) is 0 Å². The van der Waals surface area contributed by atoms with Gasteiger partial charge in [0.05, 0.1) is 5.52 Å². The maximum atomic E-state index is 6.23. The minimum absolute atomic E-state index is 0.147. The van der Waals surface area contributed by atoms with Gasteiger partial charge in [-0.2, -0.15) is 0 Å². The van der Waals surface area contributed by atoms with Crippen LogP contribution in [0.2, 0.25) is 0 Å². The average Bonchev–Trinajstić information content (AvgIpc) is 3.04. The highest BCUT2D eigenvalue weighted by Gasteiger charge is 2.33. The highest BCUT2D eigenvalue weighted by Crippen LogP contribution is 2.47. The topological polar surface area (TPSA) is 25.0 Å². The molecule has 2 unspecified atom stereocenters. The summed E-state index contributed by atoms with van der Waals surface area (Å²) in [6, 6.07) is 12.8. The van der Waals surface area contributed by atoms with Crippen molar-refractivity contribution in [2.45, 2.75) is 12.0 Å². The Morgan fingerprint density at radius 1 is 0.900 bits per heavy atom. The van der Waals surface area contributed by atoms with Gasteiger partial charge < -0.3 is 9.72 Å². The third kappa shape index (κ3) is 1.19. The molecule has 0 bridgehead atoms. The number of hydrogen-bond acceptors (Lipinski definition) is 1. The first kappa shape index (κ1) is 10.3. The number of benzene rings is 2. The number of H-pyrrole nitrogens is 1. The molecule has 0 fully saturated rings. The zero-order valence-corrected chi connectivity index (χ0v) is 10.8. The summed E-state index contributed by atoms with van der Waals surface area (Å²) in [5.74, 6) is 1.40. The highest BCUT2D eigenvalue weighted by molar-refractivity contribution is 6.11. The fourth-order valence-electron chi connectivity index (χ4n) is 3.43. The predicted octanol–water partition coefficient (Wildman–Crippen LogP) is 4.29. The Kier molecular flexibility index (Phi) is 1.83. The molecule has 1 aromatic heterocycles. The van der Waals surface area contributed by atoms with E-state index in [0.717, 1.165) is 11.3 Å². The third-order valence-corrected chi connectivity index (χ3v) is 4.35. The van der Waals surface area contributed by atoms with Gasteiger partial charge in [-0.3, -0.25) is 0 Å². The smallest absolute Gasteiger partial charge is 0.134 e. The Morgan fingerprint density at radius 2 is 1.80 bits per heavy atom. The number of fused-ring (bicyclic) bond motifs is 7. The van der Waals surface area contributed by atoms with Crippen LogP contribution in [-0.4, -0.2) is 11.1 Å². The van der Waals surface area contributed by atoms with Crippen LogP contribution in [0.5, 0.6) is 5.75 Å². The first-order valence-electron chi connectivity index (χ1n) is 6.97. The fraction of sp³-hybridized carbons (Fsp3) is 0.111. The number of hydrogen-bond donors (Lipinski definition) is 1. The van der Waals surface area contributed by atoms with Crippen molar-refractivity contribution in [3.05, 3.63) is 66.3 Å². The maximum Gasteiger partial charge on any atom is 0.134 e. The second-order valence-electron chi connectivity index (χ2n) is 5.46. The number of aromatic amines is 1. The predicted molar refractivity (Wildman–Crippen MR) is 81.2 cm³/mol. The summed E-state index contributed by atoms with van der Waals surface area (Å²) >= 11 is 0. The molecular weight excluding hydrogens is 246 g/mol. The summed E-state index contributed by atoms with van der Waals surface area (Å²) in [5, 5.41) is 2.46. The Balaban J connectivity index is 1.89. The first-order valence-corrected chi connectivity index (χ1v) is 6.97. The maximum absolute atomic E-state index is 6.23. The molecule has 1 N–H and O–H groups in total. The van der Waals surface area contributed by atoms with Crippen LogP contribution < -0.4 is 4.74 Å². The van der Waals surface area contributed by atoms with E-state index in [1.807, 2.05) is 0 Å². The number of nitrogens with one attached hydrogen (secondary N) is 1. The van der Waals surface area contributed by atoms with Gasteiger partial charge in [-0.15, -0.1) is 0 Å². The van der Waals surface area contributed by atoms with E-state index in [1.165, 1.54) is 21.9 Å². The summed E-state index contributed by atoms with van der Waals surface area (Å²) in [7, 11) is 0. The number of ether oxygens (including phenoxy) is 1. The van der Waals surface area contributed by atoms with Crippen molar-refractivity contribution < 1.29 is 4.74 Å². The fourth-order valence-corrected chi connectivity index (χ4v) is 3.43. The summed E-state index contributed by atoms with van der Waals surface area (Å²) in [6.07, 6.45) is 8.70. The zero-order chi connectivity index (χ0) is 13.1. The largest absolute Gasteiger partial charge is 0.484 e. The minimum atomic E-state index is 0.147. The number of rotatable bonds is 0. The van der Waals surface area contributed by atoms with Crippen LogP contribution >= 0.6 is 0 Å². The molecular formula is C18H13NO. The molecule has 2 heteroatoms. The zero-order valence-electron chi connectivity index (χ0n) is 10.8. The van der Waals surface area contributed by atoms with E-state index >= 15 is 0 Å². The van der Waals surface area contributed by atoms with Crippen molar-refractivity contribution in [2.75, 3.05) is 0 Å². The van der Waals surface area contributed by atoms with Gasteiger partial charge in [-0.1, -0.05) is 42.5 Å². The molecule has 96 valence electrons. The van der Waals surface area contributed by atoms with Crippen molar-refractivity contribution in [2.24, 2.45) is 0 Å². The Morgan fingerprint density at radius 3 is 2.80 bits per heavy atom. The van der Waals surface area contributed by atoms with Crippen molar-refractivity contribution in [3.8, 4) is 5.75 Å². The summed E-state index contributed by atoms with van der Waals surface area (Å²) in [4.78, 5) is 3.47. The van der Waals surface area contributed by atoms with E-state index in [9.17, 15) is 0 Å². The lowest BCUT2D eigenvalue weighted by Gasteiger charge is -2.13. The molecule has 1 aliphatic heterocycles. The van der Waals surface area contributed by atoms with E-state index < -0.39 is 0 Å². The molecule has 0 saturated heterocycles. The first-order chi connectivity index (χ1) is 9.92. The Labute approximate surface area is 116 Å². The monoisotopic (exact) mass is 259 g/mol. The van der Waals surface area contributed by atoms with E-state index in [1.54, 1.807) is 0 Å². The second-order valence-corrected chi connectivity index (χ2v) is 5.46. The van der Waals surface area contributed by atoms with E-state index in [2.05, 4.69) is 65.7 Å². The van der Waals surface area contributed by atoms with E-state index in [0.29, 0.717) is 5.92 Å². The van der Waals surface area contributed by atoms with E-state index in [-0.39, 0.29) is 6.10 Å². The lowest BCUT2D eigenvalue weighted by Crippen LogP contribution is -2.15. The van der Waals surface area contributed by atoms with Crippen molar-refractivity contribution in [1.82, 2.24) is 4.98 Å². The number of aromatic nitrogens is 1. The van der Waals surface area contributed by atoms with Crippen LogP contribution in [0.4, 0.5) is 0 Å². The second kappa shape index (κ2) is 3.54. The van der Waals surface area contributed by atoms with Gasteiger partial charge in [0.2, 0.25) is 0 Å². The molecule has 2 aromatic carbocycles. The highest BCUT2D eigenvalue weighted by atomic mass is 16.5. The molecule has 0 radical (unpaired) electrons. The van der Waals surface area contributed by atoms with Crippen LogP contribution in [0.3, 0.4) is 0 Å². The number of para-hydroxylation sites is 1. The SMILES string of the molecule is C1=CC2Oc3c(ccc4[nH]c5ccccc5c34)C2C=C1. The van der Waals surface area contributed by atoms with Crippen LogP contribution in [0.25, 0.3) is 21.8 Å². The molecule has 0 amide bonds. The Hall–Kier alpha value is -2.48. The molecule has 2 atom stereocenters. The molecule has 1 aliphatic carbocycles. The average molecular weight is 259 g/mol. The van der Waals surface area contributed by atoms with Gasteiger partial charge >= 0.3 is 0 Å². The standard InChI is InChI=1S/C18H13NO/c1-3-7-14-13(6-1)17-15(19-14)10-9-12-11-5-2-4-8-16(11)20-18(12)17/h1-11,16,19H. The summed E-state index contributed by atoms with van der Waals surface area (Å²) < 4.78 is 6.23. The molecule has 2 aliphatic rings. The summed E-state index contributed by atoms with van der Waals surface area (Å²) in [5.41, 5.74) is 3.62. The van der Waals surface area contributed by atoms with Crippen molar-refractivity contribution >= 4 is 21.8 Å². The van der Waals surface area contributed by atoms with Gasteiger partial charge in [-0.25, -0.2) is 0 Å². The third-order valence-electron chi connectivity index (χ3n) is 4.35. The van der Waals surface area contributed by atoms with E-state index in [4.69, 9.17) is 4.74 Å². The quantitative estimate of drug-likeness (QED) is 0.640. The lowest BCUT2D eigenvalue weighted by molar-refractivity contribution is 0.271. The Bertz CT molecular complexity index is 900. The molecule has 5 rings (SSSR count). The molecule has 3 aromatic rings. The van der Waals surface area contributed by atoms with Gasteiger partial charge in [-0.05, 0) is 18.2 Å². The van der Waals surface area contributed by atoms with Gasteiger partial charge in [0.15, 0.2) is 0 Å².